The molecule has 3 aromatic carbocycles. The number of hydrogen-bond donors (Lipinski definition) is 1. The molecule has 11 heteroatoms. The van der Waals surface area contributed by atoms with Crippen LogP contribution in [0.4, 0.5) is 5.69 Å². The van der Waals surface area contributed by atoms with Gasteiger partial charge < -0.3 is 19.7 Å². The van der Waals surface area contributed by atoms with E-state index >= 15 is 0 Å². The monoisotopic (exact) mass is 587 g/mol. The maximum Gasteiger partial charge on any atom is 0.264 e. The topological polar surface area (TPSA) is 105 Å². The van der Waals surface area contributed by atoms with Gasteiger partial charge in [0.25, 0.3) is 10.0 Å². The van der Waals surface area contributed by atoms with Gasteiger partial charge in [-0.05, 0) is 61.4 Å². The Morgan fingerprint density at radius 1 is 0.950 bits per heavy atom. The van der Waals surface area contributed by atoms with E-state index < -0.39 is 28.5 Å². The number of para-hydroxylation sites is 2. The summed E-state index contributed by atoms with van der Waals surface area (Å²) in [6, 6.07) is 18.5. The number of benzene rings is 3. The predicted molar refractivity (Wildman–Crippen MR) is 155 cm³/mol. The molecule has 0 aromatic heterocycles. The summed E-state index contributed by atoms with van der Waals surface area (Å²) in [7, 11) is -1.36. The van der Waals surface area contributed by atoms with Gasteiger partial charge in [-0.25, -0.2) is 8.42 Å². The third kappa shape index (κ3) is 7.25. The Hall–Kier alpha value is -3.76. The van der Waals surface area contributed by atoms with Crippen molar-refractivity contribution in [3.63, 3.8) is 0 Å². The lowest BCUT2D eigenvalue weighted by Gasteiger charge is -2.32. The average molecular weight is 588 g/mol. The van der Waals surface area contributed by atoms with Crippen LogP contribution in [0, 0.1) is 0 Å². The molecule has 0 fully saturated rings. The lowest BCUT2D eigenvalue weighted by molar-refractivity contribution is -0.139. The van der Waals surface area contributed by atoms with Crippen LogP contribution in [0.15, 0.2) is 77.7 Å². The standard InChI is InChI=1S/C29H34ClN3O6S/c1-5-18-31-29(35)21(2)32(19-22-10-6-7-11-25(22)30)28(34)20-33(26-12-8-9-13-27(26)39-4)40(36,37)24-16-14-23(38-3)15-17-24/h6-17,21H,5,18-20H2,1-4H3,(H,31,35)/t21-/m1/s1. The minimum Gasteiger partial charge on any atom is -0.497 e. The Morgan fingerprint density at radius 2 is 1.60 bits per heavy atom. The van der Waals surface area contributed by atoms with Crippen molar-refractivity contribution in [2.45, 2.75) is 37.8 Å². The molecule has 2 amide bonds. The molecular weight excluding hydrogens is 554 g/mol. The Kier molecular flexibility index (Phi) is 10.8. The van der Waals surface area contributed by atoms with Gasteiger partial charge in [-0.2, -0.15) is 0 Å². The molecule has 0 saturated carbocycles. The number of anilines is 1. The smallest absolute Gasteiger partial charge is 0.264 e. The first-order valence-corrected chi connectivity index (χ1v) is 14.6. The number of carbonyl (C=O) groups is 2. The average Bonchev–Trinajstić information content (AvgIpc) is 2.97. The summed E-state index contributed by atoms with van der Waals surface area (Å²) < 4.78 is 39.6. The van der Waals surface area contributed by atoms with Crippen molar-refractivity contribution < 1.29 is 27.5 Å². The number of carbonyl (C=O) groups excluding carboxylic acids is 2. The fourth-order valence-corrected chi connectivity index (χ4v) is 5.63. The van der Waals surface area contributed by atoms with Gasteiger partial charge in [0, 0.05) is 18.1 Å². The van der Waals surface area contributed by atoms with E-state index in [0.717, 1.165) is 10.7 Å². The molecule has 1 N–H and O–H groups in total. The maximum atomic E-state index is 14.0. The highest BCUT2D eigenvalue weighted by atomic mass is 35.5. The predicted octanol–water partition coefficient (Wildman–Crippen LogP) is 4.50. The lowest BCUT2D eigenvalue weighted by Crippen LogP contribution is -2.51. The van der Waals surface area contributed by atoms with E-state index in [1.165, 1.54) is 43.4 Å². The molecule has 0 aliphatic heterocycles. The van der Waals surface area contributed by atoms with Gasteiger partial charge in [-0.15, -0.1) is 0 Å². The number of amides is 2. The normalized spacial score (nSPS) is 11.8. The molecule has 0 aliphatic rings. The van der Waals surface area contributed by atoms with Crippen LogP contribution in [0.1, 0.15) is 25.8 Å². The first-order chi connectivity index (χ1) is 19.1. The van der Waals surface area contributed by atoms with E-state index in [0.29, 0.717) is 22.9 Å². The number of halogens is 1. The highest BCUT2D eigenvalue weighted by Crippen LogP contribution is 2.33. The van der Waals surface area contributed by atoms with Crippen LogP contribution in [0.5, 0.6) is 11.5 Å². The summed E-state index contributed by atoms with van der Waals surface area (Å²) in [4.78, 5) is 28.2. The highest BCUT2D eigenvalue weighted by Gasteiger charge is 2.34. The zero-order valence-corrected chi connectivity index (χ0v) is 24.5. The SMILES string of the molecule is CCCNC(=O)[C@@H](C)N(Cc1ccccc1Cl)C(=O)CN(c1ccccc1OC)S(=O)(=O)c1ccc(OC)cc1. The quantitative estimate of drug-likeness (QED) is 0.316. The van der Waals surface area contributed by atoms with Crippen molar-refractivity contribution in [3.8, 4) is 11.5 Å². The van der Waals surface area contributed by atoms with Crippen molar-refractivity contribution in [1.29, 1.82) is 0 Å². The second kappa shape index (κ2) is 14.0. The van der Waals surface area contributed by atoms with E-state index in [2.05, 4.69) is 5.32 Å². The summed E-state index contributed by atoms with van der Waals surface area (Å²) in [5.74, 6) is -0.207. The molecule has 0 heterocycles. The lowest BCUT2D eigenvalue weighted by atomic mass is 10.1. The van der Waals surface area contributed by atoms with Crippen LogP contribution in [-0.4, -0.2) is 58.5 Å². The summed E-state index contributed by atoms with van der Waals surface area (Å²) in [6.45, 7) is 3.38. The van der Waals surface area contributed by atoms with Crippen molar-refractivity contribution in [1.82, 2.24) is 10.2 Å². The number of rotatable bonds is 13. The summed E-state index contributed by atoms with van der Waals surface area (Å²) in [5.41, 5.74) is 0.796. The second-order valence-corrected chi connectivity index (χ2v) is 11.2. The highest BCUT2D eigenvalue weighted by molar-refractivity contribution is 7.92. The van der Waals surface area contributed by atoms with Gasteiger partial charge in [-0.3, -0.25) is 13.9 Å². The number of sulfonamides is 1. The molecule has 0 radical (unpaired) electrons. The van der Waals surface area contributed by atoms with E-state index in [-0.39, 0.29) is 28.8 Å². The number of methoxy groups -OCH3 is 2. The van der Waals surface area contributed by atoms with Crippen molar-refractivity contribution in [3.05, 3.63) is 83.4 Å². The molecule has 0 saturated heterocycles. The van der Waals surface area contributed by atoms with Crippen molar-refractivity contribution in [2.75, 3.05) is 31.6 Å². The maximum absolute atomic E-state index is 14.0. The summed E-state index contributed by atoms with van der Waals surface area (Å²) in [5, 5.41) is 3.23. The third-order valence-corrected chi connectivity index (χ3v) is 8.44. The van der Waals surface area contributed by atoms with E-state index in [1.807, 2.05) is 6.92 Å². The van der Waals surface area contributed by atoms with Crippen LogP contribution < -0.4 is 19.1 Å². The summed E-state index contributed by atoms with van der Waals surface area (Å²) in [6.07, 6.45) is 0.721. The number of nitrogens with zero attached hydrogens (tertiary/aromatic N) is 2. The minimum absolute atomic E-state index is 0.00155. The molecule has 40 heavy (non-hydrogen) atoms. The number of nitrogens with one attached hydrogen (secondary N) is 1. The number of hydrogen-bond acceptors (Lipinski definition) is 6. The van der Waals surface area contributed by atoms with Crippen molar-refractivity contribution >= 4 is 39.1 Å². The minimum atomic E-state index is -4.26. The molecule has 1 atom stereocenters. The Bertz CT molecular complexity index is 1420. The Balaban J connectivity index is 2.07. The van der Waals surface area contributed by atoms with Gasteiger partial charge >= 0.3 is 0 Å². The molecule has 0 spiro atoms. The van der Waals surface area contributed by atoms with E-state index in [1.54, 1.807) is 55.5 Å². The molecule has 3 rings (SSSR count). The van der Waals surface area contributed by atoms with Crippen LogP contribution in [0.2, 0.25) is 5.02 Å². The van der Waals surface area contributed by atoms with Gasteiger partial charge in [-0.1, -0.05) is 48.9 Å². The zero-order valence-electron chi connectivity index (χ0n) is 23.0. The number of ether oxygens (including phenoxy) is 2. The van der Waals surface area contributed by atoms with Crippen LogP contribution in [0.25, 0.3) is 0 Å². The van der Waals surface area contributed by atoms with Crippen LogP contribution in [0.3, 0.4) is 0 Å². The fraction of sp³-hybridized carbons (Fsp3) is 0.310. The Labute approximate surface area is 240 Å². The van der Waals surface area contributed by atoms with E-state index in [4.69, 9.17) is 21.1 Å². The van der Waals surface area contributed by atoms with Crippen molar-refractivity contribution in [2.24, 2.45) is 0 Å². The molecule has 0 bridgehead atoms. The molecule has 0 unspecified atom stereocenters. The molecule has 3 aromatic rings. The van der Waals surface area contributed by atoms with E-state index in [9.17, 15) is 18.0 Å². The zero-order chi connectivity index (χ0) is 29.3. The largest absolute Gasteiger partial charge is 0.497 e. The fourth-order valence-electron chi connectivity index (χ4n) is 4.01. The van der Waals surface area contributed by atoms with Crippen LogP contribution in [-0.2, 0) is 26.2 Å². The molecular formula is C29H34ClN3O6S. The second-order valence-electron chi connectivity index (χ2n) is 8.94. The molecule has 214 valence electrons. The van der Waals surface area contributed by atoms with Crippen LogP contribution >= 0.6 is 11.6 Å². The van der Waals surface area contributed by atoms with Gasteiger partial charge in [0.1, 0.15) is 24.1 Å². The van der Waals surface area contributed by atoms with Gasteiger partial charge in [0.15, 0.2) is 0 Å². The summed E-state index contributed by atoms with van der Waals surface area (Å²) >= 11 is 6.39. The first-order valence-electron chi connectivity index (χ1n) is 12.7. The molecule has 0 aliphatic carbocycles. The first kappa shape index (κ1) is 30.8. The molecule has 9 nitrogen and oxygen atoms in total. The Morgan fingerprint density at radius 3 is 2.23 bits per heavy atom. The van der Waals surface area contributed by atoms with Gasteiger partial charge in [0.05, 0.1) is 24.8 Å². The third-order valence-electron chi connectivity index (χ3n) is 6.30. The van der Waals surface area contributed by atoms with Gasteiger partial charge in [0.2, 0.25) is 11.8 Å².